The van der Waals surface area contributed by atoms with Gasteiger partial charge >= 0.3 is 5.97 Å². The molecule has 3 heterocycles. The highest BCUT2D eigenvalue weighted by Crippen LogP contribution is 2.27. The van der Waals surface area contributed by atoms with Crippen molar-refractivity contribution in [1.29, 1.82) is 0 Å². The van der Waals surface area contributed by atoms with Gasteiger partial charge in [-0.25, -0.2) is 9.48 Å². The van der Waals surface area contributed by atoms with Crippen molar-refractivity contribution >= 4 is 17.8 Å². The number of nitrogens with zero attached hydrogens (tertiary/aromatic N) is 4. The highest BCUT2D eigenvalue weighted by molar-refractivity contribution is 6.21. The van der Waals surface area contributed by atoms with E-state index in [-0.39, 0.29) is 22.5 Å². The SMILES string of the molecule is O=C(ON1C(=O)c2ccccc2C1=O)c1cnoc1-c1cnn(-c2ccccc2)c1. The fourth-order valence-corrected chi connectivity index (χ4v) is 3.14. The molecular weight excluding hydrogens is 388 g/mol. The van der Waals surface area contributed by atoms with Crippen LogP contribution in [-0.2, 0) is 4.84 Å². The molecule has 0 atom stereocenters. The summed E-state index contributed by atoms with van der Waals surface area (Å²) in [6.45, 7) is 0. The van der Waals surface area contributed by atoms with Crippen molar-refractivity contribution in [2.75, 3.05) is 0 Å². The van der Waals surface area contributed by atoms with Gasteiger partial charge in [-0.2, -0.15) is 5.10 Å². The smallest absolute Gasteiger partial charge is 0.355 e. The summed E-state index contributed by atoms with van der Waals surface area (Å²) in [5.41, 5.74) is 1.60. The molecule has 0 radical (unpaired) electrons. The molecule has 1 aliphatic heterocycles. The Morgan fingerprint density at radius 1 is 0.900 bits per heavy atom. The summed E-state index contributed by atoms with van der Waals surface area (Å²) in [6.07, 6.45) is 4.33. The van der Waals surface area contributed by atoms with Gasteiger partial charge in [-0.15, -0.1) is 0 Å². The van der Waals surface area contributed by atoms with Crippen molar-refractivity contribution in [2.45, 2.75) is 0 Å². The maximum atomic E-state index is 12.7. The minimum atomic E-state index is -0.951. The van der Waals surface area contributed by atoms with Crippen LogP contribution in [0.4, 0.5) is 0 Å². The van der Waals surface area contributed by atoms with Crippen molar-refractivity contribution in [3.8, 4) is 17.0 Å². The van der Waals surface area contributed by atoms with Crippen LogP contribution in [0.5, 0.6) is 0 Å². The van der Waals surface area contributed by atoms with E-state index >= 15 is 0 Å². The number of carbonyl (C=O) groups is 3. The highest BCUT2D eigenvalue weighted by atomic mass is 16.7. The van der Waals surface area contributed by atoms with Crippen molar-refractivity contribution in [3.05, 3.63) is 89.9 Å². The van der Waals surface area contributed by atoms with Gasteiger partial charge in [0.2, 0.25) is 0 Å². The number of aromatic nitrogens is 3. The first-order valence-electron chi connectivity index (χ1n) is 8.89. The lowest BCUT2D eigenvalue weighted by atomic mass is 10.1. The maximum Gasteiger partial charge on any atom is 0.369 e. The first-order valence-corrected chi connectivity index (χ1v) is 8.89. The average molecular weight is 400 g/mol. The molecule has 0 N–H and O–H groups in total. The third-order valence-electron chi connectivity index (χ3n) is 4.59. The zero-order chi connectivity index (χ0) is 20.7. The van der Waals surface area contributed by atoms with Crippen LogP contribution >= 0.6 is 0 Å². The molecule has 2 aromatic heterocycles. The monoisotopic (exact) mass is 400 g/mol. The predicted molar refractivity (Wildman–Crippen MR) is 101 cm³/mol. The normalized spacial score (nSPS) is 12.9. The van der Waals surface area contributed by atoms with Gasteiger partial charge in [0.1, 0.15) is 5.56 Å². The van der Waals surface area contributed by atoms with Crippen molar-refractivity contribution in [3.63, 3.8) is 0 Å². The number of imide groups is 1. The van der Waals surface area contributed by atoms with E-state index in [4.69, 9.17) is 9.36 Å². The lowest BCUT2D eigenvalue weighted by Crippen LogP contribution is -2.32. The molecule has 1 aliphatic rings. The molecule has 0 bridgehead atoms. The summed E-state index contributed by atoms with van der Waals surface area (Å²) in [5.74, 6) is -2.26. The van der Waals surface area contributed by atoms with Gasteiger partial charge in [-0.05, 0) is 24.3 Å². The van der Waals surface area contributed by atoms with E-state index in [2.05, 4.69) is 10.3 Å². The third kappa shape index (κ3) is 2.76. The number of carbonyl (C=O) groups excluding carboxylic acids is 3. The molecule has 0 fully saturated rings. The second kappa shape index (κ2) is 6.82. The number of para-hydroxylation sites is 1. The minimum Gasteiger partial charge on any atom is -0.355 e. The van der Waals surface area contributed by atoms with Crippen LogP contribution in [0.3, 0.4) is 0 Å². The largest absolute Gasteiger partial charge is 0.369 e. The van der Waals surface area contributed by atoms with E-state index < -0.39 is 17.8 Å². The topological polar surface area (TPSA) is 108 Å². The number of fused-ring (bicyclic) bond motifs is 1. The highest BCUT2D eigenvalue weighted by Gasteiger charge is 2.39. The van der Waals surface area contributed by atoms with E-state index in [0.29, 0.717) is 10.6 Å². The molecule has 0 saturated carbocycles. The summed E-state index contributed by atoms with van der Waals surface area (Å²) < 4.78 is 6.82. The number of hydroxylamine groups is 2. The van der Waals surface area contributed by atoms with E-state index in [9.17, 15) is 14.4 Å². The Bertz CT molecular complexity index is 1260. The van der Waals surface area contributed by atoms with Gasteiger partial charge in [0, 0.05) is 6.20 Å². The van der Waals surface area contributed by atoms with E-state index in [1.54, 1.807) is 23.0 Å². The Balaban J connectivity index is 1.41. The van der Waals surface area contributed by atoms with Gasteiger partial charge in [0.25, 0.3) is 11.8 Å². The number of rotatable bonds is 4. The van der Waals surface area contributed by atoms with Gasteiger partial charge < -0.3 is 9.36 Å². The Morgan fingerprint density at radius 3 is 2.27 bits per heavy atom. The van der Waals surface area contributed by atoms with Crippen LogP contribution in [0.25, 0.3) is 17.0 Å². The fraction of sp³-hybridized carbons (Fsp3) is 0. The Hall–Kier alpha value is -4.53. The second-order valence-electron chi connectivity index (χ2n) is 6.41. The molecule has 4 aromatic rings. The van der Waals surface area contributed by atoms with E-state index in [0.717, 1.165) is 11.9 Å². The van der Waals surface area contributed by atoms with Crippen LogP contribution in [0.15, 0.2) is 77.7 Å². The Labute approximate surface area is 169 Å². The summed E-state index contributed by atoms with van der Waals surface area (Å²) >= 11 is 0. The van der Waals surface area contributed by atoms with Gasteiger partial charge in [-0.1, -0.05) is 40.6 Å². The Kier molecular flexibility index (Phi) is 3.99. The van der Waals surface area contributed by atoms with Crippen molar-refractivity contribution in [2.24, 2.45) is 0 Å². The van der Waals surface area contributed by atoms with Crippen LogP contribution in [0, 0.1) is 0 Å². The molecule has 0 saturated heterocycles. The standard InChI is InChI=1S/C21H12N4O5/c26-19-15-8-4-5-9-16(15)20(27)25(19)30-21(28)17-11-23-29-18(17)13-10-22-24(12-13)14-6-2-1-3-7-14/h1-12H. The molecule has 0 aliphatic carbocycles. The number of benzene rings is 2. The van der Waals surface area contributed by atoms with Crippen LogP contribution in [-0.4, -0.2) is 37.8 Å². The number of hydrogen-bond donors (Lipinski definition) is 0. The van der Waals surface area contributed by atoms with E-state index in [1.165, 1.54) is 18.3 Å². The van der Waals surface area contributed by atoms with Crippen molar-refractivity contribution in [1.82, 2.24) is 20.0 Å². The maximum absolute atomic E-state index is 12.7. The van der Waals surface area contributed by atoms with E-state index in [1.807, 2.05) is 30.3 Å². The van der Waals surface area contributed by atoms with Crippen molar-refractivity contribution < 1.29 is 23.7 Å². The molecular formula is C21H12N4O5. The summed E-state index contributed by atoms with van der Waals surface area (Å²) in [7, 11) is 0. The van der Waals surface area contributed by atoms with Gasteiger partial charge in [0.05, 0.1) is 34.8 Å². The molecule has 2 aromatic carbocycles. The lowest BCUT2D eigenvalue weighted by molar-refractivity contribution is -0.0584. The summed E-state index contributed by atoms with van der Waals surface area (Å²) in [4.78, 5) is 42.6. The molecule has 0 unspecified atom stereocenters. The molecule has 146 valence electrons. The first-order chi connectivity index (χ1) is 14.6. The van der Waals surface area contributed by atoms with Crippen LogP contribution in [0.1, 0.15) is 31.1 Å². The lowest BCUT2D eigenvalue weighted by Gasteiger charge is -2.12. The Morgan fingerprint density at radius 2 is 1.57 bits per heavy atom. The zero-order valence-corrected chi connectivity index (χ0v) is 15.3. The first kappa shape index (κ1) is 17.6. The van der Waals surface area contributed by atoms with Crippen LogP contribution < -0.4 is 0 Å². The number of amides is 2. The molecule has 9 heteroatoms. The van der Waals surface area contributed by atoms with Crippen LogP contribution in [0.2, 0.25) is 0 Å². The molecule has 2 amide bonds. The minimum absolute atomic E-state index is 0.0424. The number of hydrogen-bond acceptors (Lipinski definition) is 7. The molecule has 5 rings (SSSR count). The zero-order valence-electron chi connectivity index (χ0n) is 15.3. The third-order valence-corrected chi connectivity index (χ3v) is 4.59. The molecule has 0 spiro atoms. The summed E-state index contributed by atoms with van der Waals surface area (Å²) in [5, 5.41) is 8.35. The second-order valence-corrected chi connectivity index (χ2v) is 6.41. The van der Waals surface area contributed by atoms with Gasteiger partial charge in [-0.3, -0.25) is 9.59 Å². The summed E-state index contributed by atoms with van der Waals surface area (Å²) in [6, 6.07) is 15.6. The molecule has 30 heavy (non-hydrogen) atoms. The molecule has 9 nitrogen and oxygen atoms in total. The van der Waals surface area contributed by atoms with Gasteiger partial charge in [0.15, 0.2) is 5.76 Å². The quantitative estimate of drug-likeness (QED) is 0.485. The fourth-order valence-electron chi connectivity index (χ4n) is 3.14. The predicted octanol–water partition coefficient (Wildman–Crippen LogP) is 2.90. The average Bonchev–Trinajstić information content (AvgIpc) is 3.50.